The summed E-state index contributed by atoms with van der Waals surface area (Å²) < 4.78 is 4.48. The van der Waals surface area contributed by atoms with Crippen LogP contribution in [0.25, 0.3) is 0 Å². The Hall–Kier alpha value is -4.81. The molecule has 13 heteroatoms. The molecule has 0 spiro atoms. The molecular weight excluding hydrogens is 542 g/mol. The molecule has 2 saturated heterocycles. The number of nitrogens with two attached hydrogens (primary N) is 5. The molecule has 13 nitrogen and oxygen atoms in total. The van der Waals surface area contributed by atoms with Gasteiger partial charge < -0.3 is 38.7 Å². The molecule has 0 radical (unpaired) electrons. The number of nitrogens with zero attached hydrogens (tertiary/aromatic N) is 1. The second-order valence-corrected chi connectivity index (χ2v) is 10.7. The Morgan fingerprint density at radius 2 is 1.38 bits per heavy atom. The first-order valence-corrected chi connectivity index (χ1v) is 13.2. The van der Waals surface area contributed by atoms with Crippen LogP contribution < -0.4 is 34.0 Å². The van der Waals surface area contributed by atoms with Gasteiger partial charge in [-0.1, -0.05) is 39.3 Å². The fourth-order valence-corrected chi connectivity index (χ4v) is 5.06. The smallest absolute Gasteiger partial charge is 0.397 e. The van der Waals surface area contributed by atoms with E-state index in [1.807, 2.05) is 6.92 Å². The number of hydrogen-bond acceptors (Lipinski definition) is 9. The Morgan fingerprint density at radius 1 is 0.833 bits per heavy atom. The quantitative estimate of drug-likeness (QED) is 0.176. The number of ether oxygens (including phenoxy) is 1. The van der Waals surface area contributed by atoms with Gasteiger partial charge in [0.2, 0.25) is 5.91 Å². The Balaban J connectivity index is 0.000000231. The van der Waals surface area contributed by atoms with E-state index in [0.29, 0.717) is 17.9 Å². The minimum atomic E-state index is -0.642. The number of amides is 4. The van der Waals surface area contributed by atoms with Crippen LogP contribution in [0.15, 0.2) is 36.4 Å². The lowest BCUT2D eigenvalue weighted by Crippen LogP contribution is -2.41. The third-order valence-corrected chi connectivity index (χ3v) is 7.76. The van der Waals surface area contributed by atoms with E-state index in [9.17, 15) is 24.0 Å². The maximum atomic E-state index is 12.3. The molecular formula is C29H41N7O6. The molecule has 3 aliphatic rings. The fourth-order valence-electron chi connectivity index (χ4n) is 5.06. The van der Waals surface area contributed by atoms with E-state index in [0.717, 1.165) is 38.5 Å². The van der Waals surface area contributed by atoms with E-state index in [-0.39, 0.29) is 47.2 Å². The normalized spacial score (nSPS) is 19.6. The predicted octanol–water partition coefficient (Wildman–Crippen LogP) is 2.99. The molecule has 11 N–H and O–H groups in total. The summed E-state index contributed by atoms with van der Waals surface area (Å²) in [6.07, 6.45) is 5.06. The van der Waals surface area contributed by atoms with Gasteiger partial charge in [-0.05, 0) is 56.9 Å². The van der Waals surface area contributed by atoms with Gasteiger partial charge in [0.15, 0.2) is 0 Å². The Bertz CT molecular complexity index is 1370. The van der Waals surface area contributed by atoms with Crippen LogP contribution in [0.3, 0.4) is 0 Å². The van der Waals surface area contributed by atoms with Crippen LogP contribution in [0.5, 0.6) is 0 Å². The number of rotatable bonds is 4. The van der Waals surface area contributed by atoms with Gasteiger partial charge in [-0.3, -0.25) is 19.3 Å². The van der Waals surface area contributed by atoms with E-state index in [4.69, 9.17) is 28.7 Å². The average molecular weight is 584 g/mol. The Morgan fingerprint density at radius 3 is 1.90 bits per heavy atom. The average Bonchev–Trinajstić information content (AvgIpc) is 3.59. The molecule has 0 aromatic heterocycles. The van der Waals surface area contributed by atoms with Crippen molar-refractivity contribution in [3.8, 4) is 0 Å². The fraction of sp³-hybridized carbons (Fsp3) is 0.414. The van der Waals surface area contributed by atoms with Gasteiger partial charge in [-0.15, -0.1) is 0 Å². The standard InChI is InChI=1S/C14H19N3O2.C7H9N3O.C7H9NO3.CH4/c1-14(7-2-3-8-14)13(19)17-10-6-4-5-9(11(10)15)12(16)18;8-5-3-1-2-4(6(5)9)7(10)11;1-7-3-2-4-8(7)6(10)11-5(7)9;/h4-6H,2-3,7-8,15H2,1H3,(H2,16,18)(H,17,19);1-3H,8-9H2,(H2,10,11);2-4H2,1H3;1H4/t;;7-;/m..1./s1. The lowest BCUT2D eigenvalue weighted by molar-refractivity contribution is -0.139. The topological polar surface area (TPSA) is 240 Å². The van der Waals surface area contributed by atoms with Crippen molar-refractivity contribution in [2.24, 2.45) is 16.9 Å². The zero-order chi connectivity index (χ0) is 30.5. The van der Waals surface area contributed by atoms with Crippen molar-refractivity contribution < 1.29 is 28.7 Å². The first kappa shape index (κ1) is 33.4. The highest BCUT2D eigenvalue weighted by atomic mass is 16.6. The van der Waals surface area contributed by atoms with Crippen molar-refractivity contribution in [2.45, 2.75) is 65.3 Å². The van der Waals surface area contributed by atoms with Crippen LogP contribution in [0.4, 0.5) is 27.5 Å². The number of nitrogen functional groups attached to an aromatic ring is 3. The summed E-state index contributed by atoms with van der Waals surface area (Å²) >= 11 is 0. The van der Waals surface area contributed by atoms with Crippen molar-refractivity contribution in [2.75, 3.05) is 29.1 Å². The molecule has 2 aromatic carbocycles. The number of para-hydroxylation sites is 2. The molecule has 0 bridgehead atoms. The number of primary amides is 2. The minimum Gasteiger partial charge on any atom is -0.397 e. The molecule has 0 unspecified atom stereocenters. The molecule has 3 fully saturated rings. The van der Waals surface area contributed by atoms with Gasteiger partial charge in [-0.2, -0.15) is 0 Å². The minimum absolute atomic E-state index is 0. The van der Waals surface area contributed by atoms with E-state index in [2.05, 4.69) is 10.1 Å². The molecule has 2 heterocycles. The molecule has 2 aliphatic heterocycles. The number of hydrogen-bond donors (Lipinski definition) is 6. The number of esters is 1. The monoisotopic (exact) mass is 583 g/mol. The zero-order valence-corrected chi connectivity index (χ0v) is 23.2. The summed E-state index contributed by atoms with van der Waals surface area (Å²) in [4.78, 5) is 57.7. The summed E-state index contributed by atoms with van der Waals surface area (Å²) in [5.74, 6) is -1.59. The number of benzene rings is 2. The van der Waals surface area contributed by atoms with Gasteiger partial charge in [0, 0.05) is 12.0 Å². The van der Waals surface area contributed by atoms with Gasteiger partial charge in [0.05, 0.1) is 33.9 Å². The number of anilines is 4. The van der Waals surface area contributed by atoms with Gasteiger partial charge in [0.1, 0.15) is 5.54 Å². The molecule has 1 saturated carbocycles. The summed E-state index contributed by atoms with van der Waals surface area (Å²) in [7, 11) is 0. The van der Waals surface area contributed by atoms with Crippen molar-refractivity contribution in [1.29, 1.82) is 0 Å². The lowest BCUT2D eigenvalue weighted by atomic mass is 9.87. The first-order chi connectivity index (χ1) is 19.2. The third kappa shape index (κ3) is 6.90. The second-order valence-electron chi connectivity index (χ2n) is 10.7. The van der Waals surface area contributed by atoms with Crippen molar-refractivity contribution >= 4 is 52.5 Å². The highest BCUT2D eigenvalue weighted by Gasteiger charge is 2.54. The van der Waals surface area contributed by atoms with Crippen LogP contribution in [0, 0.1) is 5.41 Å². The van der Waals surface area contributed by atoms with E-state index in [1.165, 1.54) is 11.0 Å². The van der Waals surface area contributed by atoms with Crippen molar-refractivity contribution in [1.82, 2.24) is 4.90 Å². The predicted molar refractivity (Wildman–Crippen MR) is 161 cm³/mol. The number of cyclic esters (lactones) is 2. The summed E-state index contributed by atoms with van der Waals surface area (Å²) in [6, 6.07) is 9.66. The maximum Gasteiger partial charge on any atom is 0.418 e. The summed E-state index contributed by atoms with van der Waals surface area (Å²) in [5.41, 5.74) is 27.8. The van der Waals surface area contributed by atoms with Crippen LogP contribution in [0.1, 0.15) is 80.5 Å². The van der Waals surface area contributed by atoms with Crippen LogP contribution in [-0.4, -0.2) is 46.8 Å². The van der Waals surface area contributed by atoms with Gasteiger partial charge in [0.25, 0.3) is 11.8 Å². The Labute approximate surface area is 245 Å². The maximum absolute atomic E-state index is 12.3. The number of fused-ring (bicyclic) bond motifs is 1. The second kappa shape index (κ2) is 13.2. The van der Waals surface area contributed by atoms with E-state index >= 15 is 0 Å². The number of nitrogens with one attached hydrogen (secondary N) is 1. The SMILES string of the molecule is C.CC1(C(=O)Nc2cccc(C(N)=O)c2N)CCCC1.C[C@]12CCCN1C(=O)OC2=O.NC(=O)c1cccc(N)c1N. The molecule has 228 valence electrons. The Kier molecular flexibility index (Phi) is 10.5. The molecule has 4 amide bonds. The molecule has 2 aromatic rings. The zero-order valence-electron chi connectivity index (χ0n) is 23.2. The van der Waals surface area contributed by atoms with Gasteiger partial charge >= 0.3 is 12.1 Å². The highest BCUT2D eigenvalue weighted by Crippen LogP contribution is 2.39. The van der Waals surface area contributed by atoms with Crippen molar-refractivity contribution in [3.05, 3.63) is 47.5 Å². The summed E-state index contributed by atoms with van der Waals surface area (Å²) in [6.45, 7) is 4.37. The molecule has 1 aliphatic carbocycles. The summed E-state index contributed by atoms with van der Waals surface area (Å²) in [5, 5.41) is 2.82. The number of carbonyl (C=O) groups is 5. The highest BCUT2D eigenvalue weighted by molar-refractivity contribution is 6.04. The van der Waals surface area contributed by atoms with Crippen LogP contribution >= 0.6 is 0 Å². The molecule has 42 heavy (non-hydrogen) atoms. The lowest BCUT2D eigenvalue weighted by Gasteiger charge is -2.23. The molecule has 5 rings (SSSR count). The number of carbonyl (C=O) groups excluding carboxylic acids is 5. The third-order valence-electron chi connectivity index (χ3n) is 7.76. The van der Waals surface area contributed by atoms with Crippen LogP contribution in [0.2, 0.25) is 0 Å². The van der Waals surface area contributed by atoms with E-state index < -0.39 is 23.4 Å². The van der Waals surface area contributed by atoms with Crippen molar-refractivity contribution in [3.63, 3.8) is 0 Å². The first-order valence-electron chi connectivity index (χ1n) is 13.2. The van der Waals surface area contributed by atoms with Gasteiger partial charge in [-0.25, -0.2) is 9.59 Å². The van der Waals surface area contributed by atoms with E-state index in [1.54, 1.807) is 37.3 Å². The van der Waals surface area contributed by atoms with Crippen LogP contribution in [-0.2, 0) is 14.3 Å². The largest absolute Gasteiger partial charge is 0.418 e. The molecule has 1 atom stereocenters.